The summed E-state index contributed by atoms with van der Waals surface area (Å²) in [5, 5.41) is 6.93. The van der Waals surface area contributed by atoms with E-state index in [2.05, 4.69) is 41.8 Å². The van der Waals surface area contributed by atoms with Crippen LogP contribution in [0.5, 0.6) is 0 Å². The second-order valence-electron chi connectivity index (χ2n) is 7.05. The first-order chi connectivity index (χ1) is 12.7. The SMILES string of the molecule is CCNC(=NCc1ccccc1COCC)NCC1(CCOC)CCC1.I. The molecule has 27 heavy (non-hydrogen) atoms. The molecule has 1 saturated carbocycles. The molecule has 0 unspecified atom stereocenters. The summed E-state index contributed by atoms with van der Waals surface area (Å²) in [6.45, 7) is 8.81. The summed E-state index contributed by atoms with van der Waals surface area (Å²) < 4.78 is 10.9. The Labute approximate surface area is 181 Å². The van der Waals surface area contributed by atoms with Crippen molar-refractivity contribution < 1.29 is 9.47 Å². The van der Waals surface area contributed by atoms with Crippen molar-refractivity contribution in [2.24, 2.45) is 10.4 Å². The van der Waals surface area contributed by atoms with E-state index in [4.69, 9.17) is 14.5 Å². The number of guanidine groups is 1. The number of ether oxygens (including phenoxy) is 2. The predicted molar refractivity (Wildman–Crippen MR) is 123 cm³/mol. The average Bonchev–Trinajstić information content (AvgIpc) is 2.63. The van der Waals surface area contributed by atoms with E-state index in [1.807, 2.05) is 6.92 Å². The highest BCUT2D eigenvalue weighted by atomic mass is 127. The van der Waals surface area contributed by atoms with Gasteiger partial charge in [-0.2, -0.15) is 0 Å². The summed E-state index contributed by atoms with van der Waals surface area (Å²) in [7, 11) is 1.78. The van der Waals surface area contributed by atoms with Crippen molar-refractivity contribution in [3.63, 3.8) is 0 Å². The first-order valence-electron chi connectivity index (χ1n) is 9.88. The van der Waals surface area contributed by atoms with Crippen molar-refractivity contribution >= 4 is 29.9 Å². The molecular formula is C21H36IN3O2. The molecule has 0 heterocycles. The van der Waals surface area contributed by atoms with Crippen LogP contribution < -0.4 is 10.6 Å². The van der Waals surface area contributed by atoms with Gasteiger partial charge in [-0.05, 0) is 49.7 Å². The maximum atomic E-state index is 5.57. The molecule has 1 aromatic carbocycles. The molecule has 5 nitrogen and oxygen atoms in total. The van der Waals surface area contributed by atoms with Gasteiger partial charge in [-0.3, -0.25) is 0 Å². The number of rotatable bonds is 11. The van der Waals surface area contributed by atoms with Crippen LogP contribution in [0.2, 0.25) is 0 Å². The first kappa shape index (κ1) is 24.2. The number of methoxy groups -OCH3 is 1. The molecule has 154 valence electrons. The number of halogens is 1. The lowest BCUT2D eigenvalue weighted by atomic mass is 9.67. The maximum absolute atomic E-state index is 5.57. The van der Waals surface area contributed by atoms with Crippen LogP contribution in [0, 0.1) is 5.41 Å². The van der Waals surface area contributed by atoms with Crippen molar-refractivity contribution in [2.45, 2.75) is 52.7 Å². The molecule has 1 aromatic rings. The second-order valence-corrected chi connectivity index (χ2v) is 7.05. The summed E-state index contributed by atoms with van der Waals surface area (Å²) in [5.74, 6) is 0.891. The summed E-state index contributed by atoms with van der Waals surface area (Å²) in [5.41, 5.74) is 2.81. The van der Waals surface area contributed by atoms with Gasteiger partial charge in [0.15, 0.2) is 5.96 Å². The molecule has 0 aliphatic heterocycles. The fourth-order valence-corrected chi connectivity index (χ4v) is 3.35. The van der Waals surface area contributed by atoms with Crippen LogP contribution in [0.4, 0.5) is 0 Å². The van der Waals surface area contributed by atoms with E-state index >= 15 is 0 Å². The van der Waals surface area contributed by atoms with Crippen molar-refractivity contribution in [3.05, 3.63) is 35.4 Å². The molecule has 2 N–H and O–H groups in total. The number of nitrogens with zero attached hydrogens (tertiary/aromatic N) is 1. The van der Waals surface area contributed by atoms with Gasteiger partial charge in [-0.25, -0.2) is 4.99 Å². The third-order valence-corrected chi connectivity index (χ3v) is 5.21. The minimum atomic E-state index is 0. The Morgan fingerprint density at radius 3 is 2.48 bits per heavy atom. The van der Waals surface area contributed by atoms with Gasteiger partial charge >= 0.3 is 0 Å². The van der Waals surface area contributed by atoms with E-state index < -0.39 is 0 Å². The topological polar surface area (TPSA) is 54.9 Å². The molecule has 1 aliphatic carbocycles. The Balaban J connectivity index is 0.00000364. The Hall–Kier alpha value is -0.860. The Morgan fingerprint density at radius 1 is 1.15 bits per heavy atom. The van der Waals surface area contributed by atoms with Crippen LogP contribution in [0.1, 0.15) is 50.7 Å². The molecule has 0 amide bonds. The Morgan fingerprint density at radius 2 is 1.89 bits per heavy atom. The minimum absolute atomic E-state index is 0. The highest BCUT2D eigenvalue weighted by Crippen LogP contribution is 2.43. The van der Waals surface area contributed by atoms with Crippen LogP contribution in [0.3, 0.4) is 0 Å². The standard InChI is InChI=1S/C21H35N3O2.HI/c1-4-22-20(24-17-21(11-8-12-21)13-14-25-3)23-15-18-9-6-7-10-19(18)16-26-5-2;/h6-7,9-10H,4-5,8,11-17H2,1-3H3,(H2,22,23,24);1H. The molecular weight excluding hydrogens is 453 g/mol. The normalized spacial score (nSPS) is 15.6. The average molecular weight is 489 g/mol. The summed E-state index contributed by atoms with van der Waals surface area (Å²) >= 11 is 0. The molecule has 1 aliphatic rings. The number of benzene rings is 1. The van der Waals surface area contributed by atoms with Gasteiger partial charge in [0, 0.05) is 33.4 Å². The van der Waals surface area contributed by atoms with Gasteiger partial charge in [0.05, 0.1) is 13.2 Å². The Kier molecular flexibility index (Phi) is 11.9. The van der Waals surface area contributed by atoms with E-state index in [0.29, 0.717) is 18.6 Å². The largest absolute Gasteiger partial charge is 0.385 e. The van der Waals surface area contributed by atoms with Gasteiger partial charge in [0.25, 0.3) is 0 Å². The number of hydrogen-bond acceptors (Lipinski definition) is 3. The van der Waals surface area contributed by atoms with Gasteiger partial charge in [0.2, 0.25) is 0 Å². The zero-order chi connectivity index (χ0) is 18.7. The van der Waals surface area contributed by atoms with E-state index in [1.54, 1.807) is 7.11 Å². The van der Waals surface area contributed by atoms with Gasteiger partial charge in [-0.15, -0.1) is 24.0 Å². The van der Waals surface area contributed by atoms with E-state index in [1.165, 1.54) is 30.4 Å². The zero-order valence-electron chi connectivity index (χ0n) is 17.1. The molecule has 0 spiro atoms. The van der Waals surface area contributed by atoms with E-state index in [-0.39, 0.29) is 24.0 Å². The third kappa shape index (κ3) is 7.95. The van der Waals surface area contributed by atoms with Crippen LogP contribution >= 0.6 is 24.0 Å². The Bertz CT molecular complexity index is 562. The zero-order valence-corrected chi connectivity index (χ0v) is 19.4. The third-order valence-electron chi connectivity index (χ3n) is 5.21. The van der Waals surface area contributed by atoms with Crippen LogP contribution in [0.25, 0.3) is 0 Å². The minimum Gasteiger partial charge on any atom is -0.385 e. The number of hydrogen-bond donors (Lipinski definition) is 2. The fourth-order valence-electron chi connectivity index (χ4n) is 3.35. The molecule has 1 fully saturated rings. The molecule has 0 saturated heterocycles. The molecule has 0 radical (unpaired) electrons. The number of aliphatic imine (C=N–C) groups is 1. The van der Waals surface area contributed by atoms with Crippen molar-refractivity contribution in [3.8, 4) is 0 Å². The van der Waals surface area contributed by atoms with Gasteiger partial charge < -0.3 is 20.1 Å². The number of nitrogens with one attached hydrogen (secondary N) is 2. The molecule has 2 rings (SSSR count). The second kappa shape index (κ2) is 13.3. The quantitative estimate of drug-likeness (QED) is 0.279. The molecule has 0 aromatic heterocycles. The summed E-state index contributed by atoms with van der Waals surface area (Å²) in [6, 6.07) is 8.37. The fraction of sp³-hybridized carbons (Fsp3) is 0.667. The van der Waals surface area contributed by atoms with E-state index in [0.717, 1.165) is 38.7 Å². The van der Waals surface area contributed by atoms with Crippen LogP contribution in [-0.2, 0) is 22.6 Å². The summed E-state index contributed by atoms with van der Waals surface area (Å²) in [4.78, 5) is 4.80. The highest BCUT2D eigenvalue weighted by molar-refractivity contribution is 14.0. The smallest absolute Gasteiger partial charge is 0.191 e. The van der Waals surface area contributed by atoms with Gasteiger partial charge in [0.1, 0.15) is 0 Å². The van der Waals surface area contributed by atoms with Crippen molar-refractivity contribution in [1.82, 2.24) is 10.6 Å². The lowest BCUT2D eigenvalue weighted by Gasteiger charge is -2.42. The lowest BCUT2D eigenvalue weighted by molar-refractivity contribution is 0.0732. The molecule has 0 atom stereocenters. The predicted octanol–water partition coefficient (Wildman–Crippen LogP) is 4.10. The first-order valence-corrected chi connectivity index (χ1v) is 9.88. The van der Waals surface area contributed by atoms with Crippen molar-refractivity contribution in [1.29, 1.82) is 0 Å². The maximum Gasteiger partial charge on any atom is 0.191 e. The van der Waals surface area contributed by atoms with Crippen LogP contribution in [-0.4, -0.2) is 39.4 Å². The monoisotopic (exact) mass is 489 g/mol. The summed E-state index contributed by atoms with van der Waals surface area (Å²) in [6.07, 6.45) is 5.00. The van der Waals surface area contributed by atoms with E-state index in [9.17, 15) is 0 Å². The highest BCUT2D eigenvalue weighted by Gasteiger charge is 2.36. The van der Waals surface area contributed by atoms with Crippen LogP contribution in [0.15, 0.2) is 29.3 Å². The lowest BCUT2D eigenvalue weighted by Crippen LogP contribution is -2.47. The molecule has 0 bridgehead atoms. The van der Waals surface area contributed by atoms with Crippen molar-refractivity contribution in [2.75, 3.05) is 33.4 Å². The molecule has 6 heteroatoms. The van der Waals surface area contributed by atoms with Gasteiger partial charge in [-0.1, -0.05) is 30.7 Å².